The summed E-state index contributed by atoms with van der Waals surface area (Å²) in [6.45, 7) is 6.98. The van der Waals surface area contributed by atoms with Gasteiger partial charge in [0.2, 0.25) is 11.8 Å². The number of nitrogens with zero attached hydrogens (tertiary/aromatic N) is 5. The number of aryl methyl sites for hydroxylation is 1. The van der Waals surface area contributed by atoms with Crippen LogP contribution in [0.25, 0.3) is 0 Å². The molecule has 9 heteroatoms. The average molecular weight is 430 g/mol. The van der Waals surface area contributed by atoms with Crippen molar-refractivity contribution in [1.82, 2.24) is 20.1 Å². The largest absolute Gasteiger partial charge is 0.416 e. The van der Waals surface area contributed by atoms with Gasteiger partial charge in [-0.1, -0.05) is 30.0 Å². The SMILES string of the molecule is Cc1nc(Cc2nnc(S[C@@H](C)C(=O)N3CCN(c4ccccc4)CC3)o2)cs1. The maximum absolute atomic E-state index is 12.8. The van der Waals surface area contributed by atoms with Crippen molar-refractivity contribution in [3.63, 3.8) is 0 Å². The molecule has 0 unspecified atom stereocenters. The van der Waals surface area contributed by atoms with E-state index in [1.54, 1.807) is 11.3 Å². The fourth-order valence-electron chi connectivity index (χ4n) is 3.28. The lowest BCUT2D eigenvalue weighted by molar-refractivity contribution is -0.130. The fourth-order valence-corrected chi connectivity index (χ4v) is 4.68. The van der Waals surface area contributed by atoms with E-state index in [4.69, 9.17) is 4.42 Å². The third-order valence-electron chi connectivity index (χ3n) is 4.79. The number of benzene rings is 1. The van der Waals surface area contributed by atoms with Crippen LogP contribution in [0.3, 0.4) is 0 Å². The van der Waals surface area contributed by atoms with Crippen molar-refractivity contribution in [2.75, 3.05) is 31.1 Å². The molecule has 0 saturated carbocycles. The molecule has 4 rings (SSSR count). The van der Waals surface area contributed by atoms with E-state index in [2.05, 4.69) is 32.2 Å². The second-order valence-corrected chi connectivity index (χ2v) is 9.26. The second kappa shape index (κ2) is 8.96. The van der Waals surface area contributed by atoms with Gasteiger partial charge in [0.15, 0.2) is 0 Å². The molecule has 1 saturated heterocycles. The van der Waals surface area contributed by atoms with Crippen molar-refractivity contribution in [1.29, 1.82) is 0 Å². The zero-order valence-corrected chi connectivity index (χ0v) is 18.1. The highest BCUT2D eigenvalue weighted by molar-refractivity contribution is 8.00. The summed E-state index contributed by atoms with van der Waals surface area (Å²) >= 11 is 2.92. The van der Waals surface area contributed by atoms with Crippen LogP contribution in [-0.2, 0) is 11.2 Å². The van der Waals surface area contributed by atoms with E-state index < -0.39 is 0 Å². The number of carbonyl (C=O) groups is 1. The van der Waals surface area contributed by atoms with Gasteiger partial charge in [-0.05, 0) is 26.0 Å². The number of aromatic nitrogens is 3. The molecule has 1 amide bonds. The third kappa shape index (κ3) is 4.97. The van der Waals surface area contributed by atoms with Crippen LogP contribution in [0, 0.1) is 6.92 Å². The van der Waals surface area contributed by atoms with Crippen molar-refractivity contribution in [2.45, 2.75) is 30.7 Å². The quantitative estimate of drug-likeness (QED) is 0.557. The number of piperazine rings is 1. The summed E-state index contributed by atoms with van der Waals surface area (Å²) in [6.07, 6.45) is 0.516. The van der Waals surface area contributed by atoms with E-state index in [0.717, 1.165) is 36.9 Å². The number of anilines is 1. The lowest BCUT2D eigenvalue weighted by Gasteiger charge is -2.37. The van der Waals surface area contributed by atoms with E-state index in [1.165, 1.54) is 17.4 Å². The van der Waals surface area contributed by atoms with Crippen LogP contribution in [0.2, 0.25) is 0 Å². The Balaban J connectivity index is 1.29. The molecule has 152 valence electrons. The highest BCUT2D eigenvalue weighted by atomic mass is 32.2. The first-order chi connectivity index (χ1) is 14.1. The van der Waals surface area contributed by atoms with Gasteiger partial charge in [-0.3, -0.25) is 4.79 Å². The molecule has 1 atom stereocenters. The van der Waals surface area contributed by atoms with Crippen LogP contribution >= 0.6 is 23.1 Å². The average Bonchev–Trinajstić information content (AvgIpc) is 3.37. The first-order valence-electron chi connectivity index (χ1n) is 9.57. The Kier molecular flexibility index (Phi) is 6.15. The zero-order valence-electron chi connectivity index (χ0n) is 16.4. The van der Waals surface area contributed by atoms with Crippen molar-refractivity contribution < 1.29 is 9.21 Å². The van der Waals surface area contributed by atoms with Crippen LogP contribution in [-0.4, -0.2) is 57.4 Å². The minimum Gasteiger partial charge on any atom is -0.416 e. The summed E-state index contributed by atoms with van der Waals surface area (Å²) in [7, 11) is 0. The van der Waals surface area contributed by atoms with Crippen molar-refractivity contribution >= 4 is 34.7 Å². The molecule has 7 nitrogen and oxygen atoms in total. The van der Waals surface area contributed by atoms with Gasteiger partial charge in [0.05, 0.1) is 22.4 Å². The molecule has 0 aliphatic carbocycles. The van der Waals surface area contributed by atoms with Crippen LogP contribution in [0.1, 0.15) is 23.5 Å². The highest BCUT2D eigenvalue weighted by Crippen LogP contribution is 2.25. The van der Waals surface area contributed by atoms with E-state index in [9.17, 15) is 4.79 Å². The lowest BCUT2D eigenvalue weighted by atomic mass is 10.2. The van der Waals surface area contributed by atoms with Gasteiger partial charge in [-0.25, -0.2) is 4.98 Å². The smallest absolute Gasteiger partial charge is 0.277 e. The van der Waals surface area contributed by atoms with Gasteiger partial charge in [-0.15, -0.1) is 21.5 Å². The topological polar surface area (TPSA) is 75.4 Å². The number of rotatable bonds is 6. The maximum atomic E-state index is 12.8. The molecular formula is C20H23N5O2S2. The van der Waals surface area contributed by atoms with Crippen molar-refractivity contribution in [2.24, 2.45) is 0 Å². The predicted molar refractivity (Wildman–Crippen MR) is 115 cm³/mol. The summed E-state index contributed by atoms with van der Waals surface area (Å²) in [5, 5.41) is 11.3. The Hall–Kier alpha value is -2.39. The Morgan fingerprint density at radius 1 is 1.21 bits per heavy atom. The van der Waals surface area contributed by atoms with E-state index in [0.29, 0.717) is 17.5 Å². The molecular weight excluding hydrogens is 406 g/mol. The molecule has 29 heavy (non-hydrogen) atoms. The predicted octanol–water partition coefficient (Wildman–Crippen LogP) is 3.25. The molecule has 1 fully saturated rings. The van der Waals surface area contributed by atoms with Crippen LogP contribution in [0.15, 0.2) is 45.4 Å². The van der Waals surface area contributed by atoms with Crippen LogP contribution < -0.4 is 4.90 Å². The Labute approximate surface area is 178 Å². The van der Waals surface area contributed by atoms with E-state index in [-0.39, 0.29) is 11.2 Å². The van der Waals surface area contributed by atoms with E-state index in [1.807, 2.05) is 42.3 Å². The summed E-state index contributed by atoms with van der Waals surface area (Å²) in [4.78, 5) is 21.5. The first-order valence-corrected chi connectivity index (χ1v) is 11.3. The molecule has 0 N–H and O–H groups in total. The summed E-state index contributed by atoms with van der Waals surface area (Å²) in [5.41, 5.74) is 2.13. The minimum absolute atomic E-state index is 0.109. The van der Waals surface area contributed by atoms with Crippen molar-refractivity contribution in [3.05, 3.63) is 52.3 Å². The number of hydrogen-bond acceptors (Lipinski definition) is 8. The highest BCUT2D eigenvalue weighted by Gasteiger charge is 2.27. The van der Waals surface area contributed by atoms with Crippen LogP contribution in [0.4, 0.5) is 5.69 Å². The molecule has 0 spiro atoms. The first kappa shape index (κ1) is 19.9. The number of thiazole rings is 1. The second-order valence-electron chi connectivity index (χ2n) is 6.90. The fraction of sp³-hybridized carbons (Fsp3) is 0.400. The monoisotopic (exact) mass is 429 g/mol. The van der Waals surface area contributed by atoms with Gasteiger partial charge < -0.3 is 14.2 Å². The molecule has 3 heterocycles. The molecule has 1 aliphatic heterocycles. The summed E-state index contributed by atoms with van der Waals surface area (Å²) in [6, 6.07) is 10.3. The normalized spacial score (nSPS) is 15.5. The van der Waals surface area contributed by atoms with Gasteiger partial charge in [0.25, 0.3) is 5.22 Å². The lowest BCUT2D eigenvalue weighted by Crippen LogP contribution is -2.50. The molecule has 3 aromatic rings. The number of thioether (sulfide) groups is 1. The molecule has 2 aromatic heterocycles. The number of carbonyl (C=O) groups excluding carboxylic acids is 1. The van der Waals surface area contributed by atoms with Crippen LogP contribution in [0.5, 0.6) is 0 Å². The number of amides is 1. The zero-order chi connectivity index (χ0) is 20.2. The van der Waals surface area contributed by atoms with Gasteiger partial charge >= 0.3 is 0 Å². The van der Waals surface area contributed by atoms with Gasteiger partial charge in [0, 0.05) is 37.2 Å². The Morgan fingerprint density at radius 3 is 2.66 bits per heavy atom. The summed E-state index contributed by atoms with van der Waals surface area (Å²) < 4.78 is 5.71. The third-order valence-corrected chi connectivity index (χ3v) is 6.53. The number of hydrogen-bond donors (Lipinski definition) is 0. The Morgan fingerprint density at radius 2 is 1.97 bits per heavy atom. The molecule has 0 bridgehead atoms. The van der Waals surface area contributed by atoms with Gasteiger partial charge in [-0.2, -0.15) is 0 Å². The van der Waals surface area contributed by atoms with E-state index >= 15 is 0 Å². The standard InChI is InChI=1S/C20H23N5O2S2/c1-14(29-20-23-22-18(27-20)12-16-13-28-15(2)21-16)19(26)25-10-8-24(9-11-25)17-6-4-3-5-7-17/h3-7,13-14H,8-12H2,1-2H3/t14-/m0/s1. The summed E-state index contributed by atoms with van der Waals surface area (Å²) in [5.74, 6) is 0.631. The molecule has 1 aliphatic rings. The van der Waals surface area contributed by atoms with Gasteiger partial charge in [0.1, 0.15) is 0 Å². The Bertz CT molecular complexity index is 951. The maximum Gasteiger partial charge on any atom is 0.277 e. The molecule has 1 aromatic carbocycles. The minimum atomic E-state index is -0.270. The van der Waals surface area contributed by atoms with Crippen molar-refractivity contribution in [3.8, 4) is 0 Å². The number of para-hydroxylation sites is 1. The molecule has 0 radical (unpaired) electrons.